The Hall–Kier alpha value is -0.703. The van der Waals surface area contributed by atoms with Crippen LogP contribution in [0.4, 0.5) is 0 Å². The maximum absolute atomic E-state index is 6.30. The molecule has 0 atom stereocenters. The smallest absolute Gasteiger partial charge is 0.258 e. The average Bonchev–Trinajstić information content (AvgIpc) is 2.21. The molecule has 0 saturated heterocycles. The summed E-state index contributed by atoms with van der Waals surface area (Å²) in [5.41, 5.74) is 1.69. The maximum Gasteiger partial charge on any atom is 0.258 e. The fourth-order valence-corrected chi connectivity index (χ4v) is 7.99. The summed E-state index contributed by atoms with van der Waals surface area (Å²) < 4.78 is 11.2. The molecule has 0 heterocycles. The predicted molar refractivity (Wildman–Crippen MR) is 77.4 cm³/mol. The fourth-order valence-electron chi connectivity index (χ4n) is 2.76. The molecule has 0 bridgehead atoms. The van der Waals surface area contributed by atoms with Crippen molar-refractivity contribution in [2.75, 3.05) is 7.11 Å². The molecule has 0 spiro atoms. The zero-order valence-electron chi connectivity index (χ0n) is 12.4. The van der Waals surface area contributed by atoms with Crippen molar-refractivity contribution in [1.82, 2.24) is 0 Å². The van der Waals surface area contributed by atoms with Gasteiger partial charge < -0.3 is 9.16 Å². The summed E-state index contributed by atoms with van der Waals surface area (Å²) in [4.78, 5) is 0. The lowest BCUT2D eigenvalue weighted by atomic mass is 10.5. The van der Waals surface area contributed by atoms with Crippen molar-refractivity contribution < 1.29 is 9.16 Å². The first kappa shape index (κ1) is 16.3. The van der Waals surface area contributed by atoms with E-state index in [0.717, 1.165) is 5.76 Å². The van der Waals surface area contributed by atoms with E-state index in [2.05, 4.69) is 48.1 Å². The van der Waals surface area contributed by atoms with Gasteiger partial charge in [-0.2, -0.15) is 0 Å². The van der Waals surface area contributed by atoms with Crippen LogP contribution in [0.5, 0.6) is 0 Å². The molecule has 17 heavy (non-hydrogen) atoms. The topological polar surface area (TPSA) is 18.5 Å². The minimum Gasteiger partial charge on any atom is -0.543 e. The van der Waals surface area contributed by atoms with Crippen LogP contribution in [0, 0.1) is 0 Å². The van der Waals surface area contributed by atoms with Gasteiger partial charge in [-0.3, -0.25) is 0 Å². The SMILES string of the molecule is C=C(C=COC)O[Si](C(C)C)(C(C)C)C(C)C. The predicted octanol–water partition coefficient (Wildman–Crippen LogP) is 4.85. The molecule has 0 saturated carbocycles. The molecular formula is C14H28O2Si. The van der Waals surface area contributed by atoms with Gasteiger partial charge in [0.1, 0.15) is 0 Å². The van der Waals surface area contributed by atoms with Crippen molar-refractivity contribution in [2.24, 2.45) is 0 Å². The van der Waals surface area contributed by atoms with Crippen LogP contribution in [0.15, 0.2) is 24.7 Å². The van der Waals surface area contributed by atoms with Gasteiger partial charge >= 0.3 is 0 Å². The van der Waals surface area contributed by atoms with Gasteiger partial charge in [-0.25, -0.2) is 0 Å². The summed E-state index contributed by atoms with van der Waals surface area (Å²) in [6, 6.07) is 0. The summed E-state index contributed by atoms with van der Waals surface area (Å²) in [5, 5.41) is 0. The van der Waals surface area contributed by atoms with Crippen molar-refractivity contribution in [3.63, 3.8) is 0 Å². The van der Waals surface area contributed by atoms with Crippen molar-refractivity contribution in [3.05, 3.63) is 24.7 Å². The normalized spacial score (nSPS) is 12.8. The minimum absolute atomic E-state index is 0.565. The molecule has 0 aromatic heterocycles. The van der Waals surface area contributed by atoms with Crippen molar-refractivity contribution in [2.45, 2.75) is 58.2 Å². The van der Waals surface area contributed by atoms with Crippen LogP contribution < -0.4 is 0 Å². The molecule has 0 aliphatic rings. The molecule has 0 aliphatic heterocycles. The number of hydrogen-bond donors (Lipinski definition) is 0. The lowest BCUT2D eigenvalue weighted by Gasteiger charge is -2.42. The average molecular weight is 256 g/mol. The molecule has 2 nitrogen and oxygen atoms in total. The third kappa shape index (κ3) is 3.91. The molecule has 0 amide bonds. The number of allylic oxidation sites excluding steroid dienone is 1. The second kappa shape index (κ2) is 6.89. The molecule has 0 N–H and O–H groups in total. The highest BCUT2D eigenvalue weighted by atomic mass is 28.4. The molecule has 0 aromatic rings. The van der Waals surface area contributed by atoms with Crippen LogP contribution in [0.3, 0.4) is 0 Å². The Kier molecular flexibility index (Phi) is 6.61. The molecule has 0 aliphatic carbocycles. The van der Waals surface area contributed by atoms with Crippen molar-refractivity contribution in [3.8, 4) is 0 Å². The third-order valence-corrected chi connectivity index (χ3v) is 9.43. The van der Waals surface area contributed by atoms with Gasteiger partial charge in [0.15, 0.2) is 0 Å². The Labute approximate surface area is 108 Å². The van der Waals surface area contributed by atoms with Gasteiger partial charge in [0, 0.05) is 6.08 Å². The van der Waals surface area contributed by atoms with E-state index in [9.17, 15) is 0 Å². The van der Waals surface area contributed by atoms with E-state index in [1.165, 1.54) is 0 Å². The van der Waals surface area contributed by atoms with Crippen LogP contribution in [-0.4, -0.2) is 15.4 Å². The van der Waals surface area contributed by atoms with E-state index in [-0.39, 0.29) is 0 Å². The second-order valence-electron chi connectivity index (χ2n) is 5.42. The first-order chi connectivity index (χ1) is 7.78. The molecule has 0 aromatic carbocycles. The van der Waals surface area contributed by atoms with E-state index in [1.807, 2.05) is 0 Å². The van der Waals surface area contributed by atoms with Gasteiger partial charge in [0.05, 0.1) is 19.1 Å². The number of methoxy groups -OCH3 is 1. The Morgan fingerprint density at radius 1 is 1.00 bits per heavy atom. The Morgan fingerprint density at radius 3 is 1.71 bits per heavy atom. The fraction of sp³-hybridized carbons (Fsp3) is 0.714. The maximum atomic E-state index is 6.30. The first-order valence-corrected chi connectivity index (χ1v) is 8.50. The van der Waals surface area contributed by atoms with E-state index in [1.54, 1.807) is 19.4 Å². The van der Waals surface area contributed by atoms with E-state index in [0.29, 0.717) is 16.6 Å². The first-order valence-electron chi connectivity index (χ1n) is 6.36. The van der Waals surface area contributed by atoms with E-state index in [4.69, 9.17) is 9.16 Å². The number of rotatable bonds is 7. The lowest BCUT2D eigenvalue weighted by molar-refractivity contribution is 0.331. The lowest BCUT2D eigenvalue weighted by Crippen LogP contribution is -2.47. The molecule has 0 rings (SSSR count). The summed E-state index contributed by atoms with van der Waals surface area (Å²) in [6.07, 6.45) is 3.41. The Bertz CT molecular complexity index is 246. The molecule has 0 radical (unpaired) electrons. The summed E-state index contributed by atoms with van der Waals surface area (Å²) in [5.74, 6) is 0.717. The van der Waals surface area contributed by atoms with Crippen LogP contribution in [0.1, 0.15) is 41.5 Å². The monoisotopic (exact) mass is 256 g/mol. The van der Waals surface area contributed by atoms with E-state index < -0.39 is 8.32 Å². The van der Waals surface area contributed by atoms with Crippen LogP contribution in [-0.2, 0) is 9.16 Å². The van der Waals surface area contributed by atoms with Crippen LogP contribution >= 0.6 is 0 Å². The minimum atomic E-state index is -1.85. The van der Waals surface area contributed by atoms with Gasteiger partial charge in [-0.15, -0.1) is 0 Å². The van der Waals surface area contributed by atoms with Crippen LogP contribution in [0.25, 0.3) is 0 Å². The summed E-state index contributed by atoms with van der Waals surface area (Å²) >= 11 is 0. The zero-order chi connectivity index (χ0) is 13.6. The zero-order valence-corrected chi connectivity index (χ0v) is 13.4. The number of ether oxygens (including phenoxy) is 1. The van der Waals surface area contributed by atoms with Crippen LogP contribution in [0.2, 0.25) is 16.6 Å². The molecule has 0 unspecified atom stereocenters. The Morgan fingerprint density at radius 2 is 1.41 bits per heavy atom. The van der Waals surface area contributed by atoms with Gasteiger partial charge in [0.25, 0.3) is 8.32 Å². The summed E-state index contributed by atoms with van der Waals surface area (Å²) in [7, 11) is -0.220. The quantitative estimate of drug-likeness (QED) is 0.368. The van der Waals surface area contributed by atoms with Crippen molar-refractivity contribution >= 4 is 8.32 Å². The molecular weight excluding hydrogens is 228 g/mol. The second-order valence-corrected chi connectivity index (χ2v) is 10.8. The third-order valence-electron chi connectivity index (χ3n) is 3.40. The standard InChI is InChI=1S/C14H28O2Si/c1-11(2)17(12(3)4,13(5)6)16-14(7)9-10-15-8/h9-13H,7H2,1-6,8H3. The largest absolute Gasteiger partial charge is 0.543 e. The Balaban J connectivity index is 5.06. The highest BCUT2D eigenvalue weighted by Crippen LogP contribution is 2.43. The highest BCUT2D eigenvalue weighted by Gasteiger charge is 2.46. The van der Waals surface area contributed by atoms with Gasteiger partial charge in [-0.1, -0.05) is 48.1 Å². The molecule has 100 valence electrons. The molecule has 3 heteroatoms. The molecule has 0 fully saturated rings. The van der Waals surface area contributed by atoms with Gasteiger partial charge in [-0.05, 0) is 16.6 Å². The number of hydrogen-bond acceptors (Lipinski definition) is 2. The van der Waals surface area contributed by atoms with E-state index >= 15 is 0 Å². The summed E-state index contributed by atoms with van der Waals surface area (Å²) in [6.45, 7) is 17.6. The highest BCUT2D eigenvalue weighted by molar-refractivity contribution is 6.77. The van der Waals surface area contributed by atoms with Gasteiger partial charge in [0.2, 0.25) is 0 Å². The van der Waals surface area contributed by atoms with Crippen molar-refractivity contribution in [1.29, 1.82) is 0 Å².